The van der Waals surface area contributed by atoms with Crippen LogP contribution in [0.1, 0.15) is 0 Å². The summed E-state index contributed by atoms with van der Waals surface area (Å²) < 4.78 is 38.3. The van der Waals surface area contributed by atoms with E-state index in [1.165, 1.54) is 11.4 Å². The van der Waals surface area contributed by atoms with Crippen molar-refractivity contribution in [3.8, 4) is 5.75 Å². The highest BCUT2D eigenvalue weighted by Gasteiger charge is 2.24. The van der Waals surface area contributed by atoms with Crippen molar-refractivity contribution in [3.05, 3.63) is 18.2 Å². The van der Waals surface area contributed by atoms with Crippen LogP contribution < -0.4 is 15.2 Å². The first kappa shape index (κ1) is 13.9. The standard InChI is InChI=1S/C11H17N3O4S/c1-17-11-8-9(2-3-10(11)12)13-19(15,16)14-4-6-18-7-5-14/h2-3,8,13H,4-7,12H2,1H3. The number of nitrogens with two attached hydrogens (primary N) is 1. The molecule has 1 aromatic rings. The molecule has 1 heterocycles. The minimum absolute atomic E-state index is 0.349. The maximum atomic E-state index is 12.1. The van der Waals surface area contributed by atoms with Gasteiger partial charge in [0.05, 0.1) is 31.7 Å². The van der Waals surface area contributed by atoms with E-state index in [1.54, 1.807) is 18.2 Å². The summed E-state index contributed by atoms with van der Waals surface area (Å²) >= 11 is 0. The average molecular weight is 287 g/mol. The van der Waals surface area contributed by atoms with Gasteiger partial charge in [0.1, 0.15) is 5.75 Å². The van der Waals surface area contributed by atoms with Gasteiger partial charge >= 0.3 is 10.2 Å². The molecule has 19 heavy (non-hydrogen) atoms. The molecule has 0 atom stereocenters. The van der Waals surface area contributed by atoms with E-state index >= 15 is 0 Å². The SMILES string of the molecule is COc1cc(NS(=O)(=O)N2CCOCC2)ccc1N. The van der Waals surface area contributed by atoms with Crippen LogP contribution >= 0.6 is 0 Å². The Morgan fingerprint density at radius 2 is 2.05 bits per heavy atom. The predicted octanol–water partition coefficient (Wildman–Crippen LogP) is 0.266. The lowest BCUT2D eigenvalue weighted by atomic mass is 10.3. The highest BCUT2D eigenvalue weighted by Crippen LogP contribution is 2.26. The van der Waals surface area contributed by atoms with E-state index in [-0.39, 0.29) is 0 Å². The topological polar surface area (TPSA) is 93.9 Å². The molecule has 7 nitrogen and oxygen atoms in total. The quantitative estimate of drug-likeness (QED) is 0.775. The second-order valence-corrected chi connectivity index (χ2v) is 5.75. The summed E-state index contributed by atoms with van der Waals surface area (Å²) in [5, 5.41) is 0. The number of nitrogen functional groups attached to an aromatic ring is 1. The fraction of sp³-hybridized carbons (Fsp3) is 0.455. The molecular weight excluding hydrogens is 270 g/mol. The molecule has 1 saturated heterocycles. The van der Waals surface area contributed by atoms with Crippen LogP contribution in [0.15, 0.2) is 18.2 Å². The molecule has 0 saturated carbocycles. The highest BCUT2D eigenvalue weighted by atomic mass is 32.2. The average Bonchev–Trinajstić information content (AvgIpc) is 2.42. The molecular formula is C11H17N3O4S. The molecule has 1 aliphatic rings. The van der Waals surface area contributed by atoms with Crippen LogP contribution in [0.2, 0.25) is 0 Å². The van der Waals surface area contributed by atoms with E-state index in [0.717, 1.165) is 0 Å². The number of benzene rings is 1. The van der Waals surface area contributed by atoms with Crippen molar-refractivity contribution in [1.82, 2.24) is 4.31 Å². The van der Waals surface area contributed by atoms with E-state index < -0.39 is 10.2 Å². The largest absolute Gasteiger partial charge is 0.495 e. The van der Waals surface area contributed by atoms with Crippen molar-refractivity contribution in [2.75, 3.05) is 43.9 Å². The second-order valence-electron chi connectivity index (χ2n) is 4.08. The molecule has 0 unspecified atom stereocenters. The fourth-order valence-corrected chi connectivity index (χ4v) is 2.96. The zero-order valence-corrected chi connectivity index (χ0v) is 11.4. The summed E-state index contributed by atoms with van der Waals surface area (Å²) in [6, 6.07) is 4.74. The van der Waals surface area contributed by atoms with Gasteiger partial charge in [0, 0.05) is 19.2 Å². The molecule has 8 heteroatoms. The van der Waals surface area contributed by atoms with Crippen molar-refractivity contribution in [1.29, 1.82) is 0 Å². The van der Waals surface area contributed by atoms with Gasteiger partial charge < -0.3 is 15.2 Å². The predicted molar refractivity (Wildman–Crippen MR) is 72.3 cm³/mol. The van der Waals surface area contributed by atoms with Gasteiger partial charge in [0.2, 0.25) is 0 Å². The zero-order valence-electron chi connectivity index (χ0n) is 10.6. The van der Waals surface area contributed by atoms with Gasteiger partial charge in [-0.2, -0.15) is 12.7 Å². The Morgan fingerprint density at radius 3 is 2.68 bits per heavy atom. The number of nitrogens with one attached hydrogen (secondary N) is 1. The number of methoxy groups -OCH3 is 1. The van der Waals surface area contributed by atoms with Crippen molar-refractivity contribution >= 4 is 21.6 Å². The Labute approximate surface area is 112 Å². The zero-order chi connectivity index (χ0) is 13.9. The molecule has 1 aliphatic heterocycles. The Balaban J connectivity index is 2.15. The van der Waals surface area contributed by atoms with Crippen LogP contribution in [0.5, 0.6) is 5.75 Å². The summed E-state index contributed by atoms with van der Waals surface area (Å²) in [5.74, 6) is 0.433. The first-order valence-corrected chi connectivity index (χ1v) is 7.26. The normalized spacial score (nSPS) is 17.1. The van der Waals surface area contributed by atoms with Crippen LogP contribution in [0.3, 0.4) is 0 Å². The second kappa shape index (κ2) is 5.64. The van der Waals surface area contributed by atoms with E-state index in [1.807, 2.05) is 0 Å². The van der Waals surface area contributed by atoms with Crippen LogP contribution in [-0.2, 0) is 14.9 Å². The Kier molecular flexibility index (Phi) is 4.13. The molecule has 0 aliphatic carbocycles. The minimum atomic E-state index is -3.57. The van der Waals surface area contributed by atoms with Crippen molar-refractivity contribution in [3.63, 3.8) is 0 Å². The van der Waals surface area contributed by atoms with Gasteiger partial charge in [0.15, 0.2) is 0 Å². The molecule has 0 bridgehead atoms. The number of hydrogen-bond donors (Lipinski definition) is 2. The van der Waals surface area contributed by atoms with Crippen LogP contribution in [-0.4, -0.2) is 46.1 Å². The third-order valence-corrected chi connectivity index (χ3v) is 4.33. The lowest BCUT2D eigenvalue weighted by Gasteiger charge is -2.26. The number of rotatable bonds is 4. The molecule has 1 aromatic carbocycles. The lowest BCUT2D eigenvalue weighted by molar-refractivity contribution is 0.0733. The van der Waals surface area contributed by atoms with Crippen molar-refractivity contribution in [2.24, 2.45) is 0 Å². The highest BCUT2D eigenvalue weighted by molar-refractivity contribution is 7.90. The number of morpholine rings is 1. The number of hydrogen-bond acceptors (Lipinski definition) is 5. The molecule has 1 fully saturated rings. The summed E-state index contributed by atoms with van der Waals surface area (Å²) in [5.41, 5.74) is 6.55. The molecule has 0 spiro atoms. The maximum Gasteiger partial charge on any atom is 0.301 e. The van der Waals surface area contributed by atoms with Gasteiger partial charge in [-0.25, -0.2) is 0 Å². The molecule has 0 radical (unpaired) electrons. The Bertz CT molecular complexity index is 541. The van der Waals surface area contributed by atoms with Crippen LogP contribution in [0, 0.1) is 0 Å². The molecule has 3 N–H and O–H groups in total. The molecule has 0 aromatic heterocycles. The fourth-order valence-electron chi connectivity index (χ4n) is 1.78. The Hall–Kier alpha value is -1.51. The van der Waals surface area contributed by atoms with Gasteiger partial charge in [-0.15, -0.1) is 0 Å². The van der Waals surface area contributed by atoms with E-state index in [4.69, 9.17) is 15.2 Å². The summed E-state index contributed by atoms with van der Waals surface area (Å²) in [6.07, 6.45) is 0. The number of anilines is 2. The number of nitrogens with zero attached hydrogens (tertiary/aromatic N) is 1. The maximum absolute atomic E-state index is 12.1. The molecule has 106 valence electrons. The third-order valence-electron chi connectivity index (χ3n) is 2.79. The van der Waals surface area contributed by atoms with Crippen LogP contribution in [0.4, 0.5) is 11.4 Å². The van der Waals surface area contributed by atoms with Gasteiger partial charge in [0.25, 0.3) is 0 Å². The van der Waals surface area contributed by atoms with Gasteiger partial charge in [-0.3, -0.25) is 4.72 Å². The third kappa shape index (κ3) is 3.28. The minimum Gasteiger partial charge on any atom is -0.495 e. The van der Waals surface area contributed by atoms with Crippen molar-refractivity contribution in [2.45, 2.75) is 0 Å². The smallest absolute Gasteiger partial charge is 0.301 e. The first-order chi connectivity index (χ1) is 9.03. The molecule has 2 rings (SSSR count). The lowest BCUT2D eigenvalue weighted by Crippen LogP contribution is -2.43. The van der Waals surface area contributed by atoms with E-state index in [0.29, 0.717) is 43.4 Å². The van der Waals surface area contributed by atoms with Crippen molar-refractivity contribution < 1.29 is 17.9 Å². The van der Waals surface area contributed by atoms with Gasteiger partial charge in [-0.05, 0) is 12.1 Å². The first-order valence-electron chi connectivity index (χ1n) is 5.82. The van der Waals surface area contributed by atoms with Gasteiger partial charge in [-0.1, -0.05) is 0 Å². The van der Waals surface area contributed by atoms with Crippen LogP contribution in [0.25, 0.3) is 0 Å². The Morgan fingerprint density at radius 1 is 1.37 bits per heavy atom. The van der Waals surface area contributed by atoms with E-state index in [9.17, 15) is 8.42 Å². The summed E-state index contributed by atoms with van der Waals surface area (Å²) in [7, 11) is -2.09. The summed E-state index contributed by atoms with van der Waals surface area (Å²) in [6.45, 7) is 1.51. The molecule has 0 amide bonds. The summed E-state index contributed by atoms with van der Waals surface area (Å²) in [4.78, 5) is 0. The number of ether oxygens (including phenoxy) is 2. The van der Waals surface area contributed by atoms with E-state index in [2.05, 4.69) is 4.72 Å². The monoisotopic (exact) mass is 287 g/mol.